The smallest absolute Gasteiger partial charge is 0.0155 e. The van der Waals surface area contributed by atoms with E-state index in [4.69, 9.17) is 0 Å². The fourth-order valence-corrected chi connectivity index (χ4v) is 4.62. The Morgan fingerprint density at radius 2 is 1.79 bits per heavy atom. The van der Waals surface area contributed by atoms with Gasteiger partial charge < -0.3 is 4.90 Å². The zero-order valence-corrected chi connectivity index (χ0v) is 9.58. The van der Waals surface area contributed by atoms with Crippen molar-refractivity contribution < 1.29 is 0 Å². The standard InChI is InChI=1S/C13H23N/c1-9-7-11-8-10-5-3-4-6-12(10)13(11)14(9)2/h9-13H,3-8H2,1-2H3. The van der Waals surface area contributed by atoms with Gasteiger partial charge in [0.1, 0.15) is 0 Å². The van der Waals surface area contributed by atoms with Gasteiger partial charge in [0.2, 0.25) is 0 Å². The van der Waals surface area contributed by atoms with Crippen LogP contribution in [0, 0.1) is 17.8 Å². The molecule has 0 bridgehead atoms. The van der Waals surface area contributed by atoms with Gasteiger partial charge in [-0.1, -0.05) is 19.3 Å². The molecule has 3 rings (SSSR count). The molecule has 0 amide bonds. The largest absolute Gasteiger partial charge is 0.300 e. The third-order valence-corrected chi connectivity index (χ3v) is 5.30. The maximum Gasteiger partial charge on any atom is 0.0155 e. The van der Waals surface area contributed by atoms with Gasteiger partial charge in [-0.25, -0.2) is 0 Å². The van der Waals surface area contributed by atoms with Crippen LogP contribution in [0.1, 0.15) is 45.4 Å². The van der Waals surface area contributed by atoms with Crippen molar-refractivity contribution in [2.75, 3.05) is 7.05 Å². The summed E-state index contributed by atoms with van der Waals surface area (Å²) < 4.78 is 0. The average Bonchev–Trinajstić information content (AvgIpc) is 2.65. The monoisotopic (exact) mass is 193 g/mol. The molecule has 1 heterocycles. The van der Waals surface area contributed by atoms with Gasteiger partial charge in [-0.15, -0.1) is 0 Å². The number of rotatable bonds is 0. The zero-order chi connectivity index (χ0) is 9.71. The Morgan fingerprint density at radius 1 is 1.00 bits per heavy atom. The van der Waals surface area contributed by atoms with Crippen molar-refractivity contribution in [1.29, 1.82) is 0 Å². The van der Waals surface area contributed by atoms with E-state index in [0.29, 0.717) is 0 Å². The number of hydrogen-bond donors (Lipinski definition) is 0. The first-order valence-corrected chi connectivity index (χ1v) is 6.49. The van der Waals surface area contributed by atoms with Crippen LogP contribution in [0.25, 0.3) is 0 Å². The summed E-state index contributed by atoms with van der Waals surface area (Å²) in [7, 11) is 2.37. The molecule has 5 atom stereocenters. The summed E-state index contributed by atoms with van der Waals surface area (Å²) in [5.41, 5.74) is 0. The predicted molar refractivity (Wildman–Crippen MR) is 59.2 cm³/mol. The third kappa shape index (κ3) is 1.18. The van der Waals surface area contributed by atoms with Crippen molar-refractivity contribution in [3.8, 4) is 0 Å². The van der Waals surface area contributed by atoms with Crippen LogP contribution < -0.4 is 0 Å². The molecule has 80 valence electrons. The van der Waals surface area contributed by atoms with Gasteiger partial charge in [0, 0.05) is 12.1 Å². The van der Waals surface area contributed by atoms with Crippen molar-refractivity contribution in [1.82, 2.24) is 4.90 Å². The average molecular weight is 193 g/mol. The third-order valence-electron chi connectivity index (χ3n) is 5.30. The molecule has 0 aromatic heterocycles. The van der Waals surface area contributed by atoms with Crippen LogP contribution in [0.3, 0.4) is 0 Å². The van der Waals surface area contributed by atoms with E-state index in [9.17, 15) is 0 Å². The van der Waals surface area contributed by atoms with E-state index in [1.165, 1.54) is 25.7 Å². The Morgan fingerprint density at radius 3 is 2.64 bits per heavy atom. The Hall–Kier alpha value is -0.0400. The van der Waals surface area contributed by atoms with Gasteiger partial charge in [-0.05, 0) is 51.0 Å². The molecule has 2 saturated carbocycles. The van der Waals surface area contributed by atoms with Gasteiger partial charge in [0.15, 0.2) is 0 Å². The van der Waals surface area contributed by atoms with E-state index < -0.39 is 0 Å². The van der Waals surface area contributed by atoms with Crippen LogP contribution in [0.4, 0.5) is 0 Å². The number of likely N-dealkylation sites (tertiary alicyclic amines) is 1. The first-order valence-electron chi connectivity index (χ1n) is 6.49. The first kappa shape index (κ1) is 9.21. The van der Waals surface area contributed by atoms with Crippen molar-refractivity contribution in [3.05, 3.63) is 0 Å². The Kier molecular flexibility index (Phi) is 2.12. The highest BCUT2D eigenvalue weighted by atomic mass is 15.2. The fourth-order valence-electron chi connectivity index (χ4n) is 4.62. The highest BCUT2D eigenvalue weighted by Gasteiger charge is 2.50. The van der Waals surface area contributed by atoms with Crippen molar-refractivity contribution in [3.63, 3.8) is 0 Å². The molecule has 1 aliphatic heterocycles. The Labute approximate surface area is 87.9 Å². The van der Waals surface area contributed by atoms with Crippen LogP contribution in [0.2, 0.25) is 0 Å². The summed E-state index contributed by atoms with van der Waals surface area (Å²) in [4.78, 5) is 2.70. The first-order chi connectivity index (χ1) is 6.77. The molecule has 1 heteroatoms. The fraction of sp³-hybridized carbons (Fsp3) is 1.00. The number of hydrogen-bond acceptors (Lipinski definition) is 1. The van der Waals surface area contributed by atoms with E-state index in [0.717, 1.165) is 29.8 Å². The molecular formula is C13H23N. The molecule has 1 saturated heterocycles. The molecule has 14 heavy (non-hydrogen) atoms. The topological polar surface area (TPSA) is 3.24 Å². The SMILES string of the molecule is CC1CC2CC3CCCCC3C2N1C. The van der Waals surface area contributed by atoms with Gasteiger partial charge in [-0.2, -0.15) is 0 Å². The second kappa shape index (κ2) is 3.23. The minimum absolute atomic E-state index is 0.855. The Bertz CT molecular complexity index is 225. The summed E-state index contributed by atoms with van der Waals surface area (Å²) in [6.07, 6.45) is 9.13. The van der Waals surface area contributed by atoms with Gasteiger partial charge in [0.25, 0.3) is 0 Å². The van der Waals surface area contributed by atoms with Gasteiger partial charge in [-0.3, -0.25) is 0 Å². The van der Waals surface area contributed by atoms with Crippen molar-refractivity contribution in [2.45, 2.75) is 57.5 Å². The lowest BCUT2D eigenvalue weighted by atomic mass is 9.80. The maximum atomic E-state index is 2.70. The highest BCUT2D eigenvalue weighted by Crippen LogP contribution is 2.52. The summed E-state index contributed by atoms with van der Waals surface area (Å²) in [6, 6.07) is 1.82. The lowest BCUT2D eigenvalue weighted by molar-refractivity contribution is 0.147. The highest BCUT2D eigenvalue weighted by molar-refractivity contribution is 5.03. The maximum absolute atomic E-state index is 2.70. The van der Waals surface area contributed by atoms with E-state index in [1.54, 1.807) is 12.8 Å². The molecule has 5 unspecified atom stereocenters. The summed E-state index contributed by atoms with van der Waals surface area (Å²) >= 11 is 0. The van der Waals surface area contributed by atoms with Crippen LogP contribution in [0.5, 0.6) is 0 Å². The molecule has 1 nitrogen and oxygen atoms in total. The minimum atomic E-state index is 0.855. The van der Waals surface area contributed by atoms with Crippen LogP contribution in [-0.2, 0) is 0 Å². The van der Waals surface area contributed by atoms with E-state index in [2.05, 4.69) is 18.9 Å². The molecule has 0 aromatic carbocycles. The van der Waals surface area contributed by atoms with Gasteiger partial charge >= 0.3 is 0 Å². The van der Waals surface area contributed by atoms with Crippen LogP contribution in [-0.4, -0.2) is 24.0 Å². The second-order valence-electron chi connectivity index (χ2n) is 5.94. The lowest BCUT2D eigenvalue weighted by Gasteiger charge is -2.34. The van der Waals surface area contributed by atoms with Gasteiger partial charge in [0.05, 0.1) is 0 Å². The number of nitrogens with zero attached hydrogens (tertiary/aromatic N) is 1. The molecular weight excluding hydrogens is 170 g/mol. The predicted octanol–water partition coefficient (Wildman–Crippen LogP) is 2.91. The second-order valence-corrected chi connectivity index (χ2v) is 5.94. The van der Waals surface area contributed by atoms with E-state index in [1.807, 2.05) is 0 Å². The quantitative estimate of drug-likeness (QED) is 0.572. The van der Waals surface area contributed by atoms with Crippen molar-refractivity contribution in [2.24, 2.45) is 17.8 Å². The normalized spacial score (nSPS) is 53.1. The summed E-state index contributed by atoms with van der Waals surface area (Å²) in [6.45, 7) is 2.41. The molecule has 3 fully saturated rings. The van der Waals surface area contributed by atoms with E-state index >= 15 is 0 Å². The van der Waals surface area contributed by atoms with E-state index in [-0.39, 0.29) is 0 Å². The minimum Gasteiger partial charge on any atom is -0.300 e. The lowest BCUT2D eigenvalue weighted by Crippen LogP contribution is -2.37. The van der Waals surface area contributed by atoms with Crippen LogP contribution >= 0.6 is 0 Å². The molecule has 0 aromatic rings. The molecule has 0 N–H and O–H groups in total. The molecule has 0 radical (unpaired) electrons. The molecule has 2 aliphatic carbocycles. The summed E-state index contributed by atoms with van der Waals surface area (Å²) in [5, 5.41) is 0. The number of fused-ring (bicyclic) bond motifs is 3. The molecule has 3 aliphatic rings. The zero-order valence-electron chi connectivity index (χ0n) is 9.58. The molecule has 0 spiro atoms. The van der Waals surface area contributed by atoms with Crippen LogP contribution in [0.15, 0.2) is 0 Å². The Balaban J connectivity index is 1.81. The summed E-state index contributed by atoms with van der Waals surface area (Å²) in [5.74, 6) is 3.24. The van der Waals surface area contributed by atoms with Crippen molar-refractivity contribution >= 4 is 0 Å².